The Morgan fingerprint density at radius 3 is 3.05 bits per heavy atom. The molecule has 2 aromatic rings. The fraction of sp³-hybridized carbons (Fsp3) is 0.467. The Bertz CT molecular complexity index is 728. The van der Waals surface area contributed by atoms with E-state index in [0.717, 1.165) is 31.4 Å². The van der Waals surface area contributed by atoms with Crippen LogP contribution < -0.4 is 0 Å². The zero-order chi connectivity index (χ0) is 15.6. The first kappa shape index (κ1) is 15.2. The minimum atomic E-state index is -3.43. The van der Waals surface area contributed by atoms with Crippen LogP contribution in [0.15, 0.2) is 35.6 Å². The zero-order valence-corrected chi connectivity index (χ0v) is 13.4. The molecule has 0 aromatic carbocycles. The van der Waals surface area contributed by atoms with Crippen LogP contribution in [0.3, 0.4) is 0 Å². The van der Waals surface area contributed by atoms with Crippen molar-refractivity contribution < 1.29 is 8.42 Å². The lowest BCUT2D eigenvalue weighted by atomic mass is 10.0. The summed E-state index contributed by atoms with van der Waals surface area (Å²) in [5.74, 6) is 0. The Balaban J connectivity index is 1.71. The van der Waals surface area contributed by atoms with E-state index in [0.29, 0.717) is 6.54 Å². The number of aryl methyl sites for hydroxylation is 2. The number of sulfonamides is 1. The molecule has 1 aliphatic heterocycles. The van der Waals surface area contributed by atoms with E-state index in [1.807, 2.05) is 13.0 Å². The molecule has 3 heterocycles. The van der Waals surface area contributed by atoms with Crippen LogP contribution in [0.2, 0.25) is 0 Å². The van der Waals surface area contributed by atoms with Gasteiger partial charge in [0, 0.05) is 30.7 Å². The number of hydrogen-bond acceptors (Lipinski definition) is 4. The van der Waals surface area contributed by atoms with Gasteiger partial charge in [0.15, 0.2) is 0 Å². The number of hydrogen-bond donors (Lipinski definition) is 1. The molecule has 0 saturated carbocycles. The Kier molecular flexibility index (Phi) is 4.26. The van der Waals surface area contributed by atoms with E-state index in [4.69, 9.17) is 0 Å². The van der Waals surface area contributed by atoms with Crippen LogP contribution in [0.1, 0.15) is 30.5 Å². The Morgan fingerprint density at radius 2 is 2.32 bits per heavy atom. The summed E-state index contributed by atoms with van der Waals surface area (Å²) in [6, 6.07) is 4.12. The number of aromatic nitrogens is 3. The third kappa shape index (κ3) is 3.05. The van der Waals surface area contributed by atoms with Crippen molar-refractivity contribution in [3.63, 3.8) is 0 Å². The molecule has 1 N–H and O–H groups in total. The van der Waals surface area contributed by atoms with Gasteiger partial charge in [0.25, 0.3) is 0 Å². The highest BCUT2D eigenvalue weighted by molar-refractivity contribution is 7.89. The Hall–Kier alpha value is -1.73. The highest BCUT2D eigenvalue weighted by Gasteiger charge is 2.35. The van der Waals surface area contributed by atoms with Crippen molar-refractivity contribution in [1.29, 1.82) is 0 Å². The smallest absolute Gasteiger partial charge is 0.246 e. The minimum absolute atomic E-state index is 0.0633. The summed E-state index contributed by atoms with van der Waals surface area (Å²) in [6.07, 6.45) is 8.15. The predicted octanol–water partition coefficient (Wildman–Crippen LogP) is 1.90. The van der Waals surface area contributed by atoms with Crippen LogP contribution in [0, 0.1) is 6.92 Å². The van der Waals surface area contributed by atoms with Gasteiger partial charge in [-0.15, -0.1) is 0 Å². The standard InChI is InChI=1S/C15H20N4O2S/c1-12-9-13(6-7-16-12)4-5-14-3-2-8-19(14)22(20,21)15-10-17-18-11-15/h6-7,9-11,14H,2-5,8H2,1H3,(H,17,18)/t14-/m1/s1. The molecule has 0 unspecified atom stereocenters. The predicted molar refractivity (Wildman–Crippen MR) is 82.8 cm³/mol. The summed E-state index contributed by atoms with van der Waals surface area (Å²) in [4.78, 5) is 4.44. The van der Waals surface area contributed by atoms with Gasteiger partial charge in [-0.2, -0.15) is 9.40 Å². The molecule has 118 valence electrons. The lowest BCUT2D eigenvalue weighted by Crippen LogP contribution is -2.35. The van der Waals surface area contributed by atoms with Gasteiger partial charge in [0.05, 0.1) is 6.20 Å². The molecule has 1 saturated heterocycles. The average Bonchev–Trinajstić information content (AvgIpc) is 3.17. The lowest BCUT2D eigenvalue weighted by molar-refractivity contribution is 0.370. The summed E-state index contributed by atoms with van der Waals surface area (Å²) in [6.45, 7) is 2.56. The van der Waals surface area contributed by atoms with Crippen molar-refractivity contribution in [2.75, 3.05) is 6.54 Å². The minimum Gasteiger partial charge on any atom is -0.284 e. The van der Waals surface area contributed by atoms with Crippen molar-refractivity contribution in [2.45, 2.75) is 43.5 Å². The second-order valence-electron chi connectivity index (χ2n) is 5.69. The zero-order valence-electron chi connectivity index (χ0n) is 12.6. The fourth-order valence-electron chi connectivity index (χ4n) is 3.02. The highest BCUT2D eigenvalue weighted by Crippen LogP contribution is 2.28. The molecule has 1 aliphatic rings. The van der Waals surface area contributed by atoms with Crippen LogP contribution in [0.5, 0.6) is 0 Å². The maximum atomic E-state index is 12.6. The van der Waals surface area contributed by atoms with Gasteiger partial charge in [-0.05, 0) is 50.3 Å². The van der Waals surface area contributed by atoms with Crippen LogP contribution in [0.4, 0.5) is 0 Å². The lowest BCUT2D eigenvalue weighted by Gasteiger charge is -2.23. The number of aromatic amines is 1. The van der Waals surface area contributed by atoms with E-state index in [1.54, 1.807) is 10.5 Å². The summed E-state index contributed by atoms with van der Waals surface area (Å²) in [5, 5.41) is 6.33. The molecular formula is C15H20N4O2S. The van der Waals surface area contributed by atoms with E-state index in [2.05, 4.69) is 21.2 Å². The van der Waals surface area contributed by atoms with Gasteiger partial charge in [0.2, 0.25) is 10.0 Å². The van der Waals surface area contributed by atoms with E-state index >= 15 is 0 Å². The van der Waals surface area contributed by atoms with Crippen molar-refractivity contribution >= 4 is 10.0 Å². The summed E-state index contributed by atoms with van der Waals surface area (Å²) in [5.41, 5.74) is 2.20. The monoisotopic (exact) mass is 320 g/mol. The number of pyridine rings is 1. The van der Waals surface area contributed by atoms with Gasteiger partial charge < -0.3 is 0 Å². The first-order valence-electron chi connectivity index (χ1n) is 7.49. The highest BCUT2D eigenvalue weighted by atomic mass is 32.2. The molecule has 0 aliphatic carbocycles. The van der Waals surface area contributed by atoms with Crippen LogP contribution in [-0.4, -0.2) is 40.5 Å². The fourth-order valence-corrected chi connectivity index (χ4v) is 4.65. The molecular weight excluding hydrogens is 300 g/mol. The molecule has 1 fully saturated rings. The average molecular weight is 320 g/mol. The number of rotatable bonds is 5. The molecule has 0 spiro atoms. The van der Waals surface area contributed by atoms with Crippen LogP contribution in [0.25, 0.3) is 0 Å². The van der Waals surface area contributed by atoms with E-state index < -0.39 is 10.0 Å². The number of nitrogens with zero attached hydrogens (tertiary/aromatic N) is 3. The first-order valence-corrected chi connectivity index (χ1v) is 8.93. The SMILES string of the molecule is Cc1cc(CC[C@H]2CCCN2S(=O)(=O)c2cn[nH]c2)ccn1. The summed E-state index contributed by atoms with van der Waals surface area (Å²) in [7, 11) is -3.43. The molecule has 0 radical (unpaired) electrons. The van der Waals surface area contributed by atoms with E-state index in [1.165, 1.54) is 18.0 Å². The number of nitrogens with one attached hydrogen (secondary N) is 1. The largest absolute Gasteiger partial charge is 0.284 e. The van der Waals surface area contributed by atoms with Crippen molar-refractivity contribution in [1.82, 2.24) is 19.5 Å². The third-order valence-electron chi connectivity index (χ3n) is 4.13. The van der Waals surface area contributed by atoms with Gasteiger partial charge in [-0.1, -0.05) is 0 Å². The molecule has 0 amide bonds. The van der Waals surface area contributed by atoms with Crippen LogP contribution in [-0.2, 0) is 16.4 Å². The first-order chi connectivity index (χ1) is 10.6. The third-order valence-corrected chi connectivity index (χ3v) is 6.05. The van der Waals surface area contributed by atoms with Gasteiger partial charge >= 0.3 is 0 Å². The Labute approximate surface area is 130 Å². The maximum absolute atomic E-state index is 12.6. The molecule has 3 rings (SSSR count). The van der Waals surface area contributed by atoms with E-state index in [-0.39, 0.29) is 10.9 Å². The number of H-pyrrole nitrogens is 1. The summed E-state index contributed by atoms with van der Waals surface area (Å²) < 4.78 is 26.9. The second-order valence-corrected chi connectivity index (χ2v) is 7.58. The molecule has 2 aromatic heterocycles. The van der Waals surface area contributed by atoms with Gasteiger partial charge in [-0.3, -0.25) is 10.1 Å². The van der Waals surface area contributed by atoms with E-state index in [9.17, 15) is 8.42 Å². The second kappa shape index (κ2) is 6.18. The van der Waals surface area contributed by atoms with Crippen molar-refractivity contribution in [3.05, 3.63) is 42.0 Å². The van der Waals surface area contributed by atoms with Crippen LogP contribution >= 0.6 is 0 Å². The van der Waals surface area contributed by atoms with Gasteiger partial charge in [-0.25, -0.2) is 8.42 Å². The van der Waals surface area contributed by atoms with Crippen molar-refractivity contribution in [3.8, 4) is 0 Å². The Morgan fingerprint density at radius 1 is 1.45 bits per heavy atom. The molecule has 22 heavy (non-hydrogen) atoms. The molecule has 0 bridgehead atoms. The quantitative estimate of drug-likeness (QED) is 0.912. The molecule has 6 nitrogen and oxygen atoms in total. The maximum Gasteiger partial charge on any atom is 0.246 e. The summed E-state index contributed by atoms with van der Waals surface area (Å²) >= 11 is 0. The topological polar surface area (TPSA) is 79.0 Å². The van der Waals surface area contributed by atoms with Gasteiger partial charge in [0.1, 0.15) is 4.90 Å². The molecule has 1 atom stereocenters. The molecule has 7 heteroatoms. The normalized spacial score (nSPS) is 19.6. The van der Waals surface area contributed by atoms with Crippen molar-refractivity contribution in [2.24, 2.45) is 0 Å².